The van der Waals surface area contributed by atoms with E-state index in [0.717, 1.165) is 6.42 Å². The van der Waals surface area contributed by atoms with Crippen LogP contribution < -0.4 is 5.32 Å². The quantitative estimate of drug-likeness (QED) is 0.870. The Hall–Kier alpha value is -1.67. The Morgan fingerprint density at radius 3 is 1.95 bits per heavy atom. The fourth-order valence-corrected chi connectivity index (χ4v) is 2.26. The molecule has 2 nitrogen and oxygen atoms in total. The van der Waals surface area contributed by atoms with Gasteiger partial charge in [-0.25, -0.2) is 0 Å². The summed E-state index contributed by atoms with van der Waals surface area (Å²) in [5.74, 6) is 0. The number of benzene rings is 1. The number of nitrogens with one attached hydrogen (secondary N) is 1. The minimum atomic E-state index is 0.323. The van der Waals surface area contributed by atoms with Crippen molar-refractivity contribution < 1.29 is 0 Å². The van der Waals surface area contributed by atoms with Gasteiger partial charge in [-0.15, -0.1) is 0 Å². The van der Waals surface area contributed by atoms with Crippen molar-refractivity contribution in [2.45, 2.75) is 39.3 Å². The van der Waals surface area contributed by atoms with Gasteiger partial charge < -0.3 is 5.32 Å². The van der Waals surface area contributed by atoms with Gasteiger partial charge in [-0.3, -0.25) is 4.98 Å². The van der Waals surface area contributed by atoms with Crippen molar-refractivity contribution in [3.05, 3.63) is 65.5 Å². The molecule has 0 aliphatic carbocycles. The molecule has 0 saturated heterocycles. The van der Waals surface area contributed by atoms with Gasteiger partial charge in [0.05, 0.1) is 0 Å². The summed E-state index contributed by atoms with van der Waals surface area (Å²) in [7, 11) is 0. The summed E-state index contributed by atoms with van der Waals surface area (Å²) < 4.78 is 0. The van der Waals surface area contributed by atoms with E-state index in [2.05, 4.69) is 67.5 Å². The van der Waals surface area contributed by atoms with E-state index in [1.165, 1.54) is 16.7 Å². The second kappa shape index (κ2) is 6.48. The fourth-order valence-electron chi connectivity index (χ4n) is 2.26. The number of hydrogen-bond donors (Lipinski definition) is 1. The zero-order chi connectivity index (χ0) is 13.7. The average Bonchev–Trinajstić information content (AvgIpc) is 2.48. The molecule has 1 N–H and O–H groups in total. The Labute approximate surface area is 115 Å². The van der Waals surface area contributed by atoms with Crippen LogP contribution in [0.1, 0.15) is 49.5 Å². The maximum atomic E-state index is 4.06. The van der Waals surface area contributed by atoms with Gasteiger partial charge in [-0.05, 0) is 49.1 Å². The Balaban J connectivity index is 2.02. The summed E-state index contributed by atoms with van der Waals surface area (Å²) in [5, 5.41) is 3.62. The van der Waals surface area contributed by atoms with Gasteiger partial charge in [0, 0.05) is 24.5 Å². The van der Waals surface area contributed by atoms with Gasteiger partial charge in [0.2, 0.25) is 0 Å². The van der Waals surface area contributed by atoms with Crippen LogP contribution in [0.3, 0.4) is 0 Å². The highest BCUT2D eigenvalue weighted by Gasteiger charge is 2.10. The second-order valence-corrected chi connectivity index (χ2v) is 4.99. The highest BCUT2D eigenvalue weighted by Crippen LogP contribution is 2.19. The fraction of sp³-hybridized carbons (Fsp3) is 0.353. The SMILES string of the molecule is CCc1ccc(C(C)N[C@@H](C)c2ccncc2)cc1. The Morgan fingerprint density at radius 2 is 1.42 bits per heavy atom. The lowest BCUT2D eigenvalue weighted by molar-refractivity contribution is 0.494. The van der Waals surface area contributed by atoms with E-state index in [0.29, 0.717) is 12.1 Å². The van der Waals surface area contributed by atoms with Crippen LogP contribution in [0.25, 0.3) is 0 Å². The third-order valence-corrected chi connectivity index (χ3v) is 3.59. The lowest BCUT2D eigenvalue weighted by Crippen LogP contribution is -2.22. The highest BCUT2D eigenvalue weighted by atomic mass is 14.9. The van der Waals surface area contributed by atoms with Crippen LogP contribution in [0.5, 0.6) is 0 Å². The molecule has 2 heteroatoms. The second-order valence-electron chi connectivity index (χ2n) is 4.99. The van der Waals surface area contributed by atoms with Crippen LogP contribution in [0, 0.1) is 0 Å². The molecule has 0 saturated carbocycles. The number of rotatable bonds is 5. The largest absolute Gasteiger partial charge is 0.304 e. The van der Waals surface area contributed by atoms with Crippen LogP contribution in [-0.4, -0.2) is 4.98 Å². The third-order valence-electron chi connectivity index (χ3n) is 3.59. The van der Waals surface area contributed by atoms with Gasteiger partial charge in [-0.2, -0.15) is 0 Å². The Bertz CT molecular complexity index is 490. The molecule has 2 rings (SSSR count). The topological polar surface area (TPSA) is 24.9 Å². The average molecular weight is 254 g/mol. The number of nitrogens with zero attached hydrogens (tertiary/aromatic N) is 1. The Morgan fingerprint density at radius 1 is 0.895 bits per heavy atom. The smallest absolute Gasteiger partial charge is 0.0298 e. The van der Waals surface area contributed by atoms with Crippen molar-refractivity contribution in [3.8, 4) is 0 Å². The maximum absolute atomic E-state index is 4.06. The van der Waals surface area contributed by atoms with Crippen LogP contribution in [-0.2, 0) is 6.42 Å². The predicted molar refractivity (Wildman–Crippen MR) is 80.0 cm³/mol. The van der Waals surface area contributed by atoms with Gasteiger partial charge in [0.1, 0.15) is 0 Å². The molecule has 0 amide bonds. The zero-order valence-corrected chi connectivity index (χ0v) is 11.9. The van der Waals surface area contributed by atoms with Crippen LogP contribution in [0.15, 0.2) is 48.8 Å². The number of hydrogen-bond acceptors (Lipinski definition) is 2. The molecule has 1 unspecified atom stereocenters. The highest BCUT2D eigenvalue weighted by molar-refractivity contribution is 5.25. The first kappa shape index (κ1) is 13.8. The summed E-state index contributed by atoms with van der Waals surface area (Å²) in [4.78, 5) is 4.06. The van der Waals surface area contributed by atoms with E-state index in [-0.39, 0.29) is 0 Å². The normalized spacial score (nSPS) is 14.1. The van der Waals surface area contributed by atoms with E-state index in [1.807, 2.05) is 12.4 Å². The summed E-state index contributed by atoms with van der Waals surface area (Å²) in [5.41, 5.74) is 3.99. The standard InChI is InChI=1S/C17H22N2/c1-4-15-5-7-16(8-6-15)13(2)19-14(3)17-9-11-18-12-10-17/h5-14,19H,4H2,1-3H3/t13?,14-/m0/s1. The molecule has 0 spiro atoms. The maximum Gasteiger partial charge on any atom is 0.0298 e. The minimum Gasteiger partial charge on any atom is -0.304 e. The number of pyridine rings is 1. The molecule has 1 aromatic heterocycles. The van der Waals surface area contributed by atoms with Crippen molar-refractivity contribution in [1.82, 2.24) is 10.3 Å². The zero-order valence-electron chi connectivity index (χ0n) is 11.9. The number of aryl methyl sites for hydroxylation is 1. The molecule has 0 fully saturated rings. The summed E-state index contributed by atoms with van der Waals surface area (Å²) in [6.45, 7) is 6.58. The summed E-state index contributed by atoms with van der Waals surface area (Å²) >= 11 is 0. The molecule has 0 aliphatic heterocycles. The van der Waals surface area contributed by atoms with Crippen LogP contribution in [0.4, 0.5) is 0 Å². The first-order chi connectivity index (χ1) is 9.20. The summed E-state index contributed by atoms with van der Waals surface area (Å²) in [6, 6.07) is 13.6. The third kappa shape index (κ3) is 3.65. The Kier molecular flexibility index (Phi) is 4.69. The molecular formula is C17H22N2. The van der Waals surface area contributed by atoms with Gasteiger partial charge >= 0.3 is 0 Å². The van der Waals surface area contributed by atoms with Crippen molar-refractivity contribution >= 4 is 0 Å². The lowest BCUT2D eigenvalue weighted by Gasteiger charge is -2.21. The molecule has 100 valence electrons. The first-order valence-electron chi connectivity index (χ1n) is 6.95. The summed E-state index contributed by atoms with van der Waals surface area (Å²) in [6.07, 6.45) is 4.78. The van der Waals surface area contributed by atoms with Crippen molar-refractivity contribution in [2.24, 2.45) is 0 Å². The molecule has 0 bridgehead atoms. The predicted octanol–water partition coefficient (Wildman–Crippen LogP) is 4.06. The van der Waals surface area contributed by atoms with Crippen LogP contribution in [0.2, 0.25) is 0 Å². The lowest BCUT2D eigenvalue weighted by atomic mass is 10.0. The van der Waals surface area contributed by atoms with Gasteiger partial charge in [0.25, 0.3) is 0 Å². The minimum absolute atomic E-state index is 0.323. The first-order valence-corrected chi connectivity index (χ1v) is 6.95. The molecular weight excluding hydrogens is 232 g/mol. The van der Waals surface area contributed by atoms with E-state index in [9.17, 15) is 0 Å². The van der Waals surface area contributed by atoms with E-state index in [1.54, 1.807) is 0 Å². The van der Waals surface area contributed by atoms with Crippen molar-refractivity contribution in [2.75, 3.05) is 0 Å². The van der Waals surface area contributed by atoms with Crippen molar-refractivity contribution in [1.29, 1.82) is 0 Å². The van der Waals surface area contributed by atoms with Gasteiger partial charge in [0.15, 0.2) is 0 Å². The monoisotopic (exact) mass is 254 g/mol. The molecule has 0 radical (unpaired) electrons. The molecule has 1 aromatic carbocycles. The van der Waals surface area contributed by atoms with E-state index < -0.39 is 0 Å². The number of aromatic nitrogens is 1. The van der Waals surface area contributed by atoms with Gasteiger partial charge in [-0.1, -0.05) is 31.2 Å². The van der Waals surface area contributed by atoms with Crippen LogP contribution >= 0.6 is 0 Å². The molecule has 2 atom stereocenters. The molecule has 2 aromatic rings. The van der Waals surface area contributed by atoms with Crippen molar-refractivity contribution in [3.63, 3.8) is 0 Å². The molecule has 19 heavy (non-hydrogen) atoms. The van der Waals surface area contributed by atoms with E-state index in [4.69, 9.17) is 0 Å². The van der Waals surface area contributed by atoms with E-state index >= 15 is 0 Å². The molecule has 0 aliphatic rings. The molecule has 1 heterocycles.